The second-order valence-corrected chi connectivity index (χ2v) is 4.80. The number of fused-ring (bicyclic) bond motifs is 1. The number of aliphatic imine (C=N–C) groups is 1. The van der Waals surface area contributed by atoms with Gasteiger partial charge in [0.05, 0.1) is 19.9 Å². The molecule has 0 unspecified atom stereocenters. The van der Waals surface area contributed by atoms with E-state index in [0.29, 0.717) is 6.67 Å². The average Bonchev–Trinajstić information content (AvgIpc) is 2.54. The number of methoxy groups -OCH3 is 1. The predicted octanol–water partition coefficient (Wildman–Crippen LogP) is 0.686. The Bertz CT molecular complexity index is 512. The molecule has 2 aliphatic rings. The maximum absolute atomic E-state index is 5.39. The lowest BCUT2D eigenvalue weighted by Gasteiger charge is -2.35. The molecule has 1 aromatic carbocycles. The first-order valence-electron chi connectivity index (χ1n) is 6.83. The Morgan fingerprint density at radius 2 is 2.00 bits per heavy atom. The topological polar surface area (TPSA) is 49.3 Å². The third kappa shape index (κ3) is 2.32. The summed E-state index contributed by atoms with van der Waals surface area (Å²) >= 11 is 0. The summed E-state index contributed by atoms with van der Waals surface area (Å²) in [5, 5.41) is 5.15. The number of rotatable bonds is 2. The standard InChI is InChI=1S/C14H20N4O2/c1-19-11-3-4-12-13(9-11)18(20-2)10-16-14(12)17-7-5-15-6-8-17/h3-4,9,15H,5-8,10H2,1-2H3. The van der Waals surface area contributed by atoms with Crippen molar-refractivity contribution in [3.05, 3.63) is 23.8 Å². The van der Waals surface area contributed by atoms with Crippen LogP contribution < -0.4 is 15.1 Å². The van der Waals surface area contributed by atoms with Crippen molar-refractivity contribution in [3.8, 4) is 5.75 Å². The van der Waals surface area contributed by atoms with Crippen LogP contribution in [0.5, 0.6) is 5.75 Å². The third-order valence-corrected chi connectivity index (χ3v) is 3.70. The van der Waals surface area contributed by atoms with Gasteiger partial charge in [0.2, 0.25) is 0 Å². The second kappa shape index (κ2) is 5.68. The number of hydroxylamine groups is 1. The van der Waals surface area contributed by atoms with Crippen molar-refractivity contribution >= 4 is 11.5 Å². The third-order valence-electron chi connectivity index (χ3n) is 3.70. The first-order chi connectivity index (χ1) is 9.83. The molecule has 1 fully saturated rings. The summed E-state index contributed by atoms with van der Waals surface area (Å²) in [6.45, 7) is 4.47. The highest BCUT2D eigenvalue weighted by molar-refractivity contribution is 6.05. The summed E-state index contributed by atoms with van der Waals surface area (Å²) in [5.41, 5.74) is 2.11. The normalized spacial score (nSPS) is 18.6. The SMILES string of the molecule is COc1ccc2c(c1)N(OC)CN=C2N1CCNCC1. The molecule has 0 atom stereocenters. The van der Waals surface area contributed by atoms with E-state index >= 15 is 0 Å². The Balaban J connectivity index is 1.97. The van der Waals surface area contributed by atoms with Crippen molar-refractivity contribution in [3.63, 3.8) is 0 Å². The van der Waals surface area contributed by atoms with Gasteiger partial charge in [0, 0.05) is 37.8 Å². The van der Waals surface area contributed by atoms with Crippen LogP contribution in [0.4, 0.5) is 5.69 Å². The Kier molecular flexibility index (Phi) is 3.75. The highest BCUT2D eigenvalue weighted by atomic mass is 16.7. The van der Waals surface area contributed by atoms with Gasteiger partial charge in [-0.1, -0.05) is 0 Å². The van der Waals surface area contributed by atoms with E-state index in [1.54, 1.807) is 19.3 Å². The van der Waals surface area contributed by atoms with Gasteiger partial charge in [-0.2, -0.15) is 0 Å². The molecule has 0 radical (unpaired) electrons. The van der Waals surface area contributed by atoms with Crippen molar-refractivity contribution < 1.29 is 9.57 Å². The van der Waals surface area contributed by atoms with Gasteiger partial charge < -0.3 is 15.0 Å². The molecule has 6 nitrogen and oxygen atoms in total. The lowest BCUT2D eigenvalue weighted by Crippen LogP contribution is -2.48. The molecule has 0 saturated carbocycles. The lowest BCUT2D eigenvalue weighted by molar-refractivity contribution is 0.167. The Morgan fingerprint density at radius 1 is 1.20 bits per heavy atom. The van der Waals surface area contributed by atoms with Gasteiger partial charge in [-0.15, -0.1) is 0 Å². The van der Waals surface area contributed by atoms with Gasteiger partial charge in [-0.3, -0.25) is 4.84 Å². The summed E-state index contributed by atoms with van der Waals surface area (Å²) in [7, 11) is 3.33. The van der Waals surface area contributed by atoms with Gasteiger partial charge >= 0.3 is 0 Å². The van der Waals surface area contributed by atoms with Gasteiger partial charge in [0.15, 0.2) is 0 Å². The molecule has 0 bridgehead atoms. The van der Waals surface area contributed by atoms with E-state index in [1.165, 1.54) is 0 Å². The Morgan fingerprint density at radius 3 is 2.70 bits per heavy atom. The fourth-order valence-electron chi connectivity index (χ4n) is 2.63. The lowest BCUT2D eigenvalue weighted by atomic mass is 10.1. The number of benzene rings is 1. The maximum atomic E-state index is 5.39. The molecular formula is C14H20N4O2. The molecule has 2 heterocycles. The molecule has 108 valence electrons. The molecule has 6 heteroatoms. The van der Waals surface area contributed by atoms with E-state index in [0.717, 1.165) is 49.0 Å². The molecule has 1 aromatic rings. The minimum absolute atomic E-state index is 0.510. The zero-order valence-electron chi connectivity index (χ0n) is 11.9. The summed E-state index contributed by atoms with van der Waals surface area (Å²) in [6.07, 6.45) is 0. The summed E-state index contributed by atoms with van der Waals surface area (Å²) in [5.74, 6) is 1.88. The van der Waals surface area contributed by atoms with Crippen LogP contribution in [-0.2, 0) is 4.84 Å². The zero-order valence-corrected chi connectivity index (χ0v) is 11.9. The molecule has 2 aliphatic heterocycles. The number of ether oxygens (including phenoxy) is 1. The minimum Gasteiger partial charge on any atom is -0.497 e. The number of amidine groups is 1. The second-order valence-electron chi connectivity index (χ2n) is 4.80. The van der Waals surface area contributed by atoms with Crippen molar-refractivity contribution in [2.75, 3.05) is 52.1 Å². The highest BCUT2D eigenvalue weighted by Crippen LogP contribution is 2.30. The van der Waals surface area contributed by atoms with Crippen LogP contribution in [0, 0.1) is 0 Å². The number of hydrogen-bond acceptors (Lipinski definition) is 6. The molecule has 1 N–H and O–H groups in total. The number of piperazine rings is 1. The summed E-state index contributed by atoms with van der Waals surface area (Å²) in [6, 6.07) is 6.02. The molecule has 20 heavy (non-hydrogen) atoms. The average molecular weight is 276 g/mol. The largest absolute Gasteiger partial charge is 0.497 e. The van der Waals surface area contributed by atoms with Crippen LogP contribution >= 0.6 is 0 Å². The predicted molar refractivity (Wildman–Crippen MR) is 78.3 cm³/mol. The molecule has 0 spiro atoms. The van der Waals surface area contributed by atoms with Crippen LogP contribution in [0.2, 0.25) is 0 Å². The first-order valence-corrected chi connectivity index (χ1v) is 6.83. The van der Waals surface area contributed by atoms with Crippen molar-refractivity contribution in [1.82, 2.24) is 10.2 Å². The van der Waals surface area contributed by atoms with Crippen molar-refractivity contribution in [1.29, 1.82) is 0 Å². The quantitative estimate of drug-likeness (QED) is 0.861. The first kappa shape index (κ1) is 13.2. The van der Waals surface area contributed by atoms with Crippen LogP contribution in [0.25, 0.3) is 0 Å². The van der Waals surface area contributed by atoms with Crippen LogP contribution in [0.15, 0.2) is 23.2 Å². The van der Waals surface area contributed by atoms with E-state index in [-0.39, 0.29) is 0 Å². The molecule has 3 rings (SSSR count). The molecule has 0 amide bonds. The van der Waals surface area contributed by atoms with Crippen LogP contribution in [0.3, 0.4) is 0 Å². The monoisotopic (exact) mass is 276 g/mol. The maximum Gasteiger partial charge on any atom is 0.138 e. The van der Waals surface area contributed by atoms with Crippen LogP contribution in [-0.4, -0.2) is 57.8 Å². The van der Waals surface area contributed by atoms with E-state index in [1.807, 2.05) is 12.1 Å². The van der Waals surface area contributed by atoms with Gasteiger partial charge in [-0.25, -0.2) is 10.1 Å². The van der Waals surface area contributed by atoms with E-state index in [2.05, 4.69) is 21.3 Å². The molecular weight excluding hydrogens is 256 g/mol. The fraction of sp³-hybridized carbons (Fsp3) is 0.500. The van der Waals surface area contributed by atoms with E-state index in [9.17, 15) is 0 Å². The number of nitrogens with one attached hydrogen (secondary N) is 1. The summed E-state index contributed by atoms with van der Waals surface area (Å²) < 4.78 is 5.31. The smallest absolute Gasteiger partial charge is 0.138 e. The van der Waals surface area contributed by atoms with Crippen molar-refractivity contribution in [2.24, 2.45) is 4.99 Å². The zero-order chi connectivity index (χ0) is 13.9. The van der Waals surface area contributed by atoms with Gasteiger partial charge in [0.25, 0.3) is 0 Å². The van der Waals surface area contributed by atoms with E-state index in [4.69, 9.17) is 9.57 Å². The molecule has 0 aliphatic carbocycles. The highest BCUT2D eigenvalue weighted by Gasteiger charge is 2.25. The van der Waals surface area contributed by atoms with Gasteiger partial charge in [-0.05, 0) is 12.1 Å². The number of hydrogen-bond donors (Lipinski definition) is 1. The Hall–Kier alpha value is -1.79. The minimum atomic E-state index is 0.510. The van der Waals surface area contributed by atoms with Crippen molar-refractivity contribution in [2.45, 2.75) is 0 Å². The molecule has 0 aromatic heterocycles. The number of nitrogens with zero attached hydrogens (tertiary/aromatic N) is 3. The summed E-state index contributed by atoms with van der Waals surface area (Å²) in [4.78, 5) is 12.4. The number of anilines is 1. The van der Waals surface area contributed by atoms with E-state index < -0.39 is 0 Å². The van der Waals surface area contributed by atoms with Crippen LogP contribution in [0.1, 0.15) is 5.56 Å². The van der Waals surface area contributed by atoms with Gasteiger partial charge in [0.1, 0.15) is 18.3 Å². The fourth-order valence-corrected chi connectivity index (χ4v) is 2.63. The Labute approximate surface area is 118 Å². The molecule has 1 saturated heterocycles.